The first-order chi connectivity index (χ1) is 9.24. The van der Waals surface area contributed by atoms with Gasteiger partial charge in [-0.25, -0.2) is 14.6 Å². The van der Waals surface area contributed by atoms with Gasteiger partial charge in [-0.3, -0.25) is 0 Å². The quantitative estimate of drug-likeness (QED) is 0.878. The van der Waals surface area contributed by atoms with Gasteiger partial charge in [0.2, 0.25) is 0 Å². The van der Waals surface area contributed by atoms with Gasteiger partial charge in [-0.05, 0) is 31.5 Å². The van der Waals surface area contributed by atoms with Crippen LogP contribution >= 0.6 is 0 Å². The van der Waals surface area contributed by atoms with E-state index in [0.29, 0.717) is 5.82 Å². The second kappa shape index (κ2) is 6.07. The van der Waals surface area contributed by atoms with Gasteiger partial charge in [0.25, 0.3) is 5.82 Å². The van der Waals surface area contributed by atoms with E-state index in [-0.39, 0.29) is 11.9 Å². The molecule has 0 bridgehead atoms. The Kier molecular flexibility index (Phi) is 4.21. The summed E-state index contributed by atoms with van der Waals surface area (Å²) in [7, 11) is 0. The first kappa shape index (κ1) is 13.2. The second-order valence-corrected chi connectivity index (χ2v) is 4.25. The molecule has 19 heavy (non-hydrogen) atoms. The van der Waals surface area contributed by atoms with Gasteiger partial charge in [0.15, 0.2) is 5.82 Å². The van der Waals surface area contributed by atoms with E-state index in [1.165, 1.54) is 11.0 Å². The predicted molar refractivity (Wildman–Crippen MR) is 70.6 cm³/mol. The molecular formula is C13H16N6. The van der Waals surface area contributed by atoms with Crippen molar-refractivity contribution >= 4 is 0 Å². The summed E-state index contributed by atoms with van der Waals surface area (Å²) >= 11 is 0. The van der Waals surface area contributed by atoms with E-state index < -0.39 is 0 Å². The largest absolute Gasteiger partial charge is 0.310 e. The van der Waals surface area contributed by atoms with Crippen LogP contribution in [0.1, 0.15) is 37.7 Å². The molecule has 2 aromatic heterocycles. The number of pyridine rings is 1. The van der Waals surface area contributed by atoms with Gasteiger partial charge in [-0.2, -0.15) is 5.26 Å². The summed E-state index contributed by atoms with van der Waals surface area (Å²) in [5.74, 6) is 0.796. The third-order valence-electron chi connectivity index (χ3n) is 2.80. The Labute approximate surface area is 112 Å². The fourth-order valence-electron chi connectivity index (χ4n) is 1.69. The summed E-state index contributed by atoms with van der Waals surface area (Å²) in [6, 6.07) is 6.03. The zero-order chi connectivity index (χ0) is 13.7. The van der Waals surface area contributed by atoms with Crippen LogP contribution in [0.25, 0.3) is 5.82 Å². The molecule has 1 N–H and O–H groups in total. The lowest BCUT2D eigenvalue weighted by Gasteiger charge is -2.13. The van der Waals surface area contributed by atoms with Gasteiger partial charge in [0, 0.05) is 12.2 Å². The van der Waals surface area contributed by atoms with Crippen molar-refractivity contribution in [3.63, 3.8) is 0 Å². The Morgan fingerprint density at radius 2 is 2.26 bits per heavy atom. The summed E-state index contributed by atoms with van der Waals surface area (Å²) < 4.78 is 1.49. The van der Waals surface area contributed by atoms with Crippen LogP contribution in [0, 0.1) is 11.3 Å². The monoisotopic (exact) mass is 256 g/mol. The molecule has 2 rings (SSSR count). The first-order valence-corrected chi connectivity index (χ1v) is 6.26. The number of nitriles is 1. The van der Waals surface area contributed by atoms with E-state index in [4.69, 9.17) is 5.26 Å². The van der Waals surface area contributed by atoms with Crippen molar-refractivity contribution < 1.29 is 0 Å². The number of rotatable bonds is 5. The van der Waals surface area contributed by atoms with Gasteiger partial charge in [0.05, 0.1) is 0 Å². The van der Waals surface area contributed by atoms with Crippen LogP contribution in [0.4, 0.5) is 0 Å². The SMILES string of the molecule is CCCNC(C)c1ccc(-n2cnc(C#N)n2)nc1. The fraction of sp³-hybridized carbons (Fsp3) is 0.385. The van der Waals surface area contributed by atoms with E-state index in [2.05, 4.69) is 34.2 Å². The number of aromatic nitrogens is 4. The van der Waals surface area contributed by atoms with Crippen molar-refractivity contribution in [1.29, 1.82) is 5.26 Å². The van der Waals surface area contributed by atoms with Crippen molar-refractivity contribution in [2.75, 3.05) is 6.54 Å². The number of nitrogens with one attached hydrogen (secondary N) is 1. The molecule has 0 aromatic carbocycles. The highest BCUT2D eigenvalue weighted by atomic mass is 15.4. The molecule has 1 unspecified atom stereocenters. The normalized spacial score (nSPS) is 12.1. The Balaban J connectivity index is 2.12. The van der Waals surface area contributed by atoms with Crippen LogP contribution in [0.3, 0.4) is 0 Å². The van der Waals surface area contributed by atoms with E-state index in [9.17, 15) is 0 Å². The minimum Gasteiger partial charge on any atom is -0.310 e. The molecule has 1 atom stereocenters. The van der Waals surface area contributed by atoms with Crippen LogP contribution in [0.15, 0.2) is 24.7 Å². The average Bonchev–Trinajstić information content (AvgIpc) is 2.94. The Bertz CT molecular complexity index is 566. The highest BCUT2D eigenvalue weighted by Crippen LogP contribution is 2.12. The lowest BCUT2D eigenvalue weighted by molar-refractivity contribution is 0.569. The topological polar surface area (TPSA) is 79.4 Å². The maximum absolute atomic E-state index is 8.68. The molecule has 2 aromatic rings. The van der Waals surface area contributed by atoms with Crippen LogP contribution in [0.2, 0.25) is 0 Å². The smallest absolute Gasteiger partial charge is 0.252 e. The Morgan fingerprint density at radius 3 is 2.84 bits per heavy atom. The molecule has 0 aliphatic heterocycles. The minimum atomic E-state index is 0.142. The van der Waals surface area contributed by atoms with E-state index in [1.807, 2.05) is 24.4 Å². The van der Waals surface area contributed by atoms with Crippen molar-refractivity contribution in [2.24, 2.45) is 0 Å². The molecule has 0 radical (unpaired) electrons. The van der Waals surface area contributed by atoms with E-state index in [1.54, 1.807) is 0 Å². The maximum Gasteiger partial charge on any atom is 0.252 e. The van der Waals surface area contributed by atoms with E-state index in [0.717, 1.165) is 18.5 Å². The zero-order valence-corrected chi connectivity index (χ0v) is 11.0. The summed E-state index contributed by atoms with van der Waals surface area (Å²) in [4.78, 5) is 8.18. The number of nitrogens with zero attached hydrogens (tertiary/aromatic N) is 5. The van der Waals surface area contributed by atoms with Crippen molar-refractivity contribution in [3.05, 3.63) is 36.0 Å². The molecule has 0 saturated heterocycles. The fourth-order valence-corrected chi connectivity index (χ4v) is 1.69. The zero-order valence-electron chi connectivity index (χ0n) is 11.0. The van der Waals surface area contributed by atoms with Crippen molar-refractivity contribution in [3.8, 4) is 11.9 Å². The van der Waals surface area contributed by atoms with Crippen molar-refractivity contribution in [2.45, 2.75) is 26.3 Å². The van der Waals surface area contributed by atoms with E-state index >= 15 is 0 Å². The molecule has 2 heterocycles. The third-order valence-corrected chi connectivity index (χ3v) is 2.80. The van der Waals surface area contributed by atoms with Crippen LogP contribution in [-0.2, 0) is 0 Å². The second-order valence-electron chi connectivity index (χ2n) is 4.25. The Morgan fingerprint density at radius 1 is 1.42 bits per heavy atom. The molecule has 0 aliphatic carbocycles. The Hall–Kier alpha value is -2.26. The molecule has 98 valence electrons. The van der Waals surface area contributed by atoms with Gasteiger partial charge in [-0.15, -0.1) is 5.10 Å². The summed E-state index contributed by atoms with van der Waals surface area (Å²) in [6.07, 6.45) is 4.40. The standard InChI is InChI=1S/C13H16N6/c1-3-6-15-10(2)11-4-5-13(16-8-11)19-9-17-12(7-14)18-19/h4-5,8-10,15H,3,6H2,1-2H3. The van der Waals surface area contributed by atoms with Crippen molar-refractivity contribution in [1.82, 2.24) is 25.1 Å². The summed E-state index contributed by atoms with van der Waals surface area (Å²) in [5, 5.41) is 16.1. The van der Waals surface area contributed by atoms with Gasteiger partial charge in [0.1, 0.15) is 12.4 Å². The minimum absolute atomic E-state index is 0.142. The van der Waals surface area contributed by atoms with Gasteiger partial charge < -0.3 is 5.32 Å². The average molecular weight is 256 g/mol. The number of hydrogen-bond donors (Lipinski definition) is 1. The summed E-state index contributed by atoms with van der Waals surface area (Å²) in [5.41, 5.74) is 1.12. The highest BCUT2D eigenvalue weighted by molar-refractivity contribution is 5.26. The molecule has 6 heteroatoms. The number of hydrogen-bond acceptors (Lipinski definition) is 5. The molecule has 0 aliphatic rings. The molecule has 0 spiro atoms. The molecule has 0 saturated carbocycles. The summed E-state index contributed by atoms with van der Waals surface area (Å²) in [6.45, 7) is 5.23. The highest BCUT2D eigenvalue weighted by Gasteiger charge is 2.06. The molecule has 6 nitrogen and oxygen atoms in total. The third kappa shape index (κ3) is 3.14. The maximum atomic E-state index is 8.68. The lowest BCUT2D eigenvalue weighted by Crippen LogP contribution is -2.19. The van der Waals surface area contributed by atoms with Crippen LogP contribution < -0.4 is 5.32 Å². The predicted octanol–water partition coefficient (Wildman–Crippen LogP) is 1.59. The molecule has 0 amide bonds. The molecular weight excluding hydrogens is 240 g/mol. The lowest BCUT2D eigenvalue weighted by atomic mass is 10.1. The van der Waals surface area contributed by atoms with Crippen LogP contribution in [-0.4, -0.2) is 26.3 Å². The van der Waals surface area contributed by atoms with Gasteiger partial charge >= 0.3 is 0 Å². The molecule has 0 fully saturated rings. The van der Waals surface area contributed by atoms with Gasteiger partial charge in [-0.1, -0.05) is 13.0 Å². The van der Waals surface area contributed by atoms with Crippen LogP contribution in [0.5, 0.6) is 0 Å². The first-order valence-electron chi connectivity index (χ1n) is 6.26.